The first-order valence-electron chi connectivity index (χ1n) is 12.7. The van der Waals surface area contributed by atoms with Crippen molar-refractivity contribution in [1.29, 1.82) is 0 Å². The van der Waals surface area contributed by atoms with Gasteiger partial charge in [-0.15, -0.1) is 57.9 Å². The molecule has 200 valence electrons. The van der Waals surface area contributed by atoms with Gasteiger partial charge in [0.05, 0.1) is 11.5 Å². The molecule has 37 heavy (non-hydrogen) atoms. The Morgan fingerprint density at radius 2 is 0.946 bits per heavy atom. The molecule has 4 rings (SSSR count). The van der Waals surface area contributed by atoms with Crippen molar-refractivity contribution in [2.45, 2.75) is 77.8 Å². The van der Waals surface area contributed by atoms with Gasteiger partial charge in [0.15, 0.2) is 0 Å². The summed E-state index contributed by atoms with van der Waals surface area (Å²) < 4.78 is 12.8. The zero-order valence-electron chi connectivity index (χ0n) is 24.0. The average molecular weight is 653 g/mol. The topological polar surface area (TPSA) is 18.5 Å². The molecule has 0 saturated heterocycles. The summed E-state index contributed by atoms with van der Waals surface area (Å²) in [5.41, 5.74) is 0. The van der Waals surface area contributed by atoms with Gasteiger partial charge in [0.25, 0.3) is 0 Å². The second-order valence-corrected chi connectivity index (χ2v) is 25.5. The Morgan fingerprint density at radius 3 is 1.24 bits per heavy atom. The van der Waals surface area contributed by atoms with Crippen LogP contribution in [-0.4, -0.2) is 16.6 Å². The van der Waals surface area contributed by atoms with Crippen LogP contribution in [0.15, 0.2) is 72.8 Å². The molecule has 2 nitrogen and oxygen atoms in total. The Labute approximate surface area is 245 Å². The molecular formula is C30H42Cl2O2Si2Zr. The van der Waals surface area contributed by atoms with E-state index in [1.54, 1.807) is 0 Å². The first kappa shape index (κ1) is 32.4. The molecule has 0 bridgehead atoms. The Hall–Kier alpha value is -0.843. The van der Waals surface area contributed by atoms with Gasteiger partial charge in [0.1, 0.15) is 0 Å². The van der Waals surface area contributed by atoms with Crippen LogP contribution in [0.3, 0.4) is 0 Å². The van der Waals surface area contributed by atoms with Crippen molar-refractivity contribution in [1.82, 2.24) is 0 Å². The molecule has 0 aromatic heterocycles. The fourth-order valence-corrected chi connectivity index (χ4v) is 5.37. The van der Waals surface area contributed by atoms with Crippen molar-refractivity contribution in [3.8, 4) is 11.5 Å². The van der Waals surface area contributed by atoms with Crippen LogP contribution in [0.4, 0.5) is 0 Å². The summed E-state index contributed by atoms with van der Waals surface area (Å²) >= 11 is -0.826. The molecule has 0 saturated carbocycles. The maximum atomic E-state index is 6.38. The summed E-state index contributed by atoms with van der Waals surface area (Å²) in [6.07, 6.45) is 0. The van der Waals surface area contributed by atoms with Crippen LogP contribution in [0.2, 0.25) is 36.3 Å². The molecule has 0 heterocycles. The molecule has 0 aliphatic carbocycles. The molecule has 0 fully saturated rings. The van der Waals surface area contributed by atoms with Crippen LogP contribution in [0.5, 0.6) is 11.5 Å². The van der Waals surface area contributed by atoms with Crippen LogP contribution in [0.1, 0.15) is 41.5 Å². The van der Waals surface area contributed by atoms with E-state index in [-0.39, 0.29) is 10.1 Å². The minimum absolute atomic E-state index is 0.238. The summed E-state index contributed by atoms with van der Waals surface area (Å²) in [7, 11) is 6.40. The monoisotopic (exact) mass is 650 g/mol. The summed E-state index contributed by atoms with van der Waals surface area (Å²) in [5, 5.41) is 5.47. The van der Waals surface area contributed by atoms with Gasteiger partial charge in [-0.3, -0.25) is 0 Å². The minimum atomic E-state index is -1.74. The molecule has 0 aliphatic heterocycles. The van der Waals surface area contributed by atoms with E-state index in [2.05, 4.69) is 141 Å². The Kier molecular flexibility index (Phi) is 11.4. The molecule has 0 aliphatic rings. The zero-order chi connectivity index (χ0) is 28.1. The van der Waals surface area contributed by atoms with Gasteiger partial charge in [-0.25, -0.2) is 0 Å². The van der Waals surface area contributed by atoms with Gasteiger partial charge in [-0.05, 0) is 48.4 Å². The van der Waals surface area contributed by atoms with Crippen molar-refractivity contribution in [2.75, 3.05) is 0 Å². The van der Waals surface area contributed by atoms with Gasteiger partial charge in [0.2, 0.25) is 16.6 Å². The summed E-state index contributed by atoms with van der Waals surface area (Å²) in [5.74, 6) is 2.08. The van der Waals surface area contributed by atoms with Gasteiger partial charge in [0, 0.05) is 0 Å². The maximum absolute atomic E-state index is 6.38. The number of benzene rings is 2. The molecule has 4 aromatic rings. The fraction of sp³-hybridized carbons (Fsp3) is 0.400. The quantitative estimate of drug-likeness (QED) is 0.161. The van der Waals surface area contributed by atoms with E-state index in [0.717, 1.165) is 11.5 Å². The summed E-state index contributed by atoms with van der Waals surface area (Å²) in [6.45, 7) is 22.8. The third-order valence-electron chi connectivity index (χ3n) is 7.62. The van der Waals surface area contributed by atoms with E-state index in [1.165, 1.54) is 21.5 Å². The molecule has 7 heteroatoms. The van der Waals surface area contributed by atoms with E-state index >= 15 is 0 Å². The van der Waals surface area contributed by atoms with Gasteiger partial charge < -0.3 is 8.85 Å². The van der Waals surface area contributed by atoms with Crippen LogP contribution >= 0.6 is 17.0 Å². The van der Waals surface area contributed by atoms with Crippen LogP contribution in [0, 0.1) is 0 Å². The molecule has 0 amide bonds. The second-order valence-electron chi connectivity index (χ2n) is 12.4. The van der Waals surface area contributed by atoms with E-state index in [9.17, 15) is 0 Å². The normalized spacial score (nSPS) is 12.2. The Balaban J connectivity index is 0.000000235. The third kappa shape index (κ3) is 8.57. The Morgan fingerprint density at radius 1 is 0.622 bits per heavy atom. The molecule has 0 N–H and O–H groups in total. The predicted molar refractivity (Wildman–Crippen MR) is 166 cm³/mol. The van der Waals surface area contributed by atoms with Crippen LogP contribution < -0.4 is 8.85 Å². The van der Waals surface area contributed by atoms with Crippen LogP contribution in [0.25, 0.3) is 21.5 Å². The molecule has 4 aromatic carbocycles. The standard InChI is InChI=1S/2C15H21OSi.2ClH.Zr/c2*1-15(2,3)17(4,5)16-14-11-7-9-12-8-6-10-13(12)14;;;/h2*6-11H,1-5H3;2*1H;/q2*-1;;;+4/p-2. The number of halogens is 2. The van der Waals surface area contributed by atoms with Crippen molar-refractivity contribution < 1.29 is 29.7 Å². The van der Waals surface area contributed by atoms with Crippen molar-refractivity contribution in [3.63, 3.8) is 0 Å². The van der Waals surface area contributed by atoms with E-state index in [0.29, 0.717) is 0 Å². The van der Waals surface area contributed by atoms with E-state index in [4.69, 9.17) is 25.9 Å². The second kappa shape index (κ2) is 13.0. The van der Waals surface area contributed by atoms with E-state index in [1.807, 2.05) is 0 Å². The first-order valence-corrected chi connectivity index (χ1v) is 24.8. The fourth-order valence-electron chi connectivity index (χ4n) is 3.30. The molecule has 0 spiro atoms. The third-order valence-corrected chi connectivity index (χ3v) is 16.3. The molecular weight excluding hydrogens is 611 g/mol. The first-order chi connectivity index (χ1) is 17.0. The van der Waals surface area contributed by atoms with E-state index < -0.39 is 37.5 Å². The number of hydrogen-bond acceptors (Lipinski definition) is 2. The summed E-state index contributed by atoms with van der Waals surface area (Å²) in [6, 6.07) is 25.3. The average Bonchev–Trinajstić information content (AvgIpc) is 3.43. The van der Waals surface area contributed by atoms with Gasteiger partial charge >= 0.3 is 37.9 Å². The SMILES string of the molecule is CC(C)(C)[Si](C)(C)Oc1cccc2[cH-]ccc12.CC(C)(C)[Si](C)(C)Oc1cccc2[cH-]ccc12.[Cl][Zr+2][Cl]. The van der Waals surface area contributed by atoms with Crippen molar-refractivity contribution in [3.05, 3.63) is 72.8 Å². The predicted octanol–water partition coefficient (Wildman–Crippen LogP) is 11.3. The number of fused-ring (bicyclic) bond motifs is 2. The number of hydrogen-bond donors (Lipinski definition) is 0. The summed E-state index contributed by atoms with van der Waals surface area (Å²) in [4.78, 5) is 0. The van der Waals surface area contributed by atoms with Crippen molar-refractivity contribution >= 4 is 55.2 Å². The van der Waals surface area contributed by atoms with Gasteiger partial charge in [-0.1, -0.05) is 41.5 Å². The van der Waals surface area contributed by atoms with Crippen molar-refractivity contribution in [2.24, 2.45) is 0 Å². The van der Waals surface area contributed by atoms with Gasteiger partial charge in [-0.2, -0.15) is 24.3 Å². The van der Waals surface area contributed by atoms with Crippen LogP contribution in [-0.2, 0) is 20.8 Å². The Bertz CT molecular complexity index is 1170. The molecule has 0 unspecified atom stereocenters. The zero-order valence-corrected chi connectivity index (χ0v) is 30.0. The number of rotatable bonds is 4. The molecule has 0 atom stereocenters. The molecule has 0 radical (unpaired) electrons.